The average molecular weight is 336 g/mol. The molecule has 0 spiro atoms. The largest absolute Gasteiger partial charge is 0.339 e. The van der Waals surface area contributed by atoms with Crippen LogP contribution in [0.1, 0.15) is 33.0 Å². The normalized spacial score (nSPS) is 15.7. The number of hydrogen-bond donors (Lipinski definition) is 0. The zero-order chi connectivity index (χ0) is 16.4. The van der Waals surface area contributed by atoms with E-state index in [1.54, 1.807) is 11.6 Å². The van der Waals surface area contributed by atoms with Crippen molar-refractivity contribution in [1.82, 2.24) is 9.88 Å². The highest BCUT2D eigenvalue weighted by molar-refractivity contribution is 7.11. The molecule has 1 aliphatic heterocycles. The number of Topliss-reactive ketones (excluding diaryl/α,β-unsaturated/α-hetero) is 1. The number of hydrogen-bond acceptors (Lipinski definition) is 4. The maximum absolute atomic E-state index is 13.2. The van der Waals surface area contributed by atoms with Gasteiger partial charge < -0.3 is 4.90 Å². The molecular formula is C16H14F2N2O2S. The number of likely N-dealkylation sites (tertiary alicyclic amines) is 1. The molecule has 2 heterocycles. The Labute approximate surface area is 135 Å². The Morgan fingerprint density at radius 1 is 1.13 bits per heavy atom. The first kappa shape index (κ1) is 15.7. The van der Waals surface area contributed by atoms with Crippen LogP contribution >= 0.6 is 11.3 Å². The summed E-state index contributed by atoms with van der Waals surface area (Å²) in [6.45, 7) is 0.775. The van der Waals surface area contributed by atoms with Gasteiger partial charge >= 0.3 is 0 Å². The summed E-state index contributed by atoms with van der Waals surface area (Å²) in [4.78, 5) is 30.1. The van der Waals surface area contributed by atoms with Crippen molar-refractivity contribution in [3.8, 4) is 0 Å². The summed E-state index contributed by atoms with van der Waals surface area (Å²) in [5.74, 6) is -2.12. The van der Waals surface area contributed by atoms with Crippen molar-refractivity contribution in [2.45, 2.75) is 12.8 Å². The maximum Gasteiger partial charge on any atom is 0.254 e. The van der Waals surface area contributed by atoms with Gasteiger partial charge in [0.2, 0.25) is 0 Å². The Hall–Kier alpha value is -2.15. The Balaban J connectivity index is 1.64. The van der Waals surface area contributed by atoms with Crippen LogP contribution in [0.3, 0.4) is 0 Å². The summed E-state index contributed by atoms with van der Waals surface area (Å²) in [5, 5.41) is 2.24. The average Bonchev–Trinajstić information content (AvgIpc) is 3.07. The lowest BCUT2D eigenvalue weighted by atomic mass is 9.92. The Kier molecular flexibility index (Phi) is 4.47. The molecule has 1 amide bonds. The van der Waals surface area contributed by atoms with E-state index in [0.717, 1.165) is 18.2 Å². The lowest BCUT2D eigenvalue weighted by molar-refractivity contribution is 0.0649. The molecule has 1 aromatic heterocycles. The van der Waals surface area contributed by atoms with Gasteiger partial charge in [-0.1, -0.05) is 0 Å². The van der Waals surface area contributed by atoms with Crippen molar-refractivity contribution in [3.05, 3.63) is 52.0 Å². The van der Waals surface area contributed by atoms with E-state index >= 15 is 0 Å². The fraction of sp³-hybridized carbons (Fsp3) is 0.312. The highest BCUT2D eigenvalue weighted by atomic mass is 32.1. The third-order valence-corrected chi connectivity index (χ3v) is 4.69. The fourth-order valence-electron chi connectivity index (χ4n) is 2.72. The van der Waals surface area contributed by atoms with Gasteiger partial charge in [-0.15, -0.1) is 11.3 Å². The standard InChI is InChI=1S/C16H14F2N2O2S/c17-12-7-11(8-13(18)9-12)16(22)20-4-1-10(2-5-20)14(21)15-19-3-6-23-15/h3,6-10H,1-2,4-5H2. The van der Waals surface area contributed by atoms with Crippen LogP contribution in [-0.4, -0.2) is 34.7 Å². The van der Waals surface area contributed by atoms with E-state index in [9.17, 15) is 18.4 Å². The molecule has 2 aromatic rings. The Morgan fingerprint density at radius 3 is 2.35 bits per heavy atom. The number of piperidine rings is 1. The third kappa shape index (κ3) is 3.44. The zero-order valence-electron chi connectivity index (χ0n) is 12.2. The van der Waals surface area contributed by atoms with Crippen LogP contribution in [0.25, 0.3) is 0 Å². The maximum atomic E-state index is 13.2. The van der Waals surface area contributed by atoms with Crippen LogP contribution in [0, 0.1) is 17.6 Å². The van der Waals surface area contributed by atoms with E-state index in [0.29, 0.717) is 30.9 Å². The summed E-state index contributed by atoms with van der Waals surface area (Å²) < 4.78 is 26.4. The van der Waals surface area contributed by atoms with Gasteiger partial charge in [-0.2, -0.15) is 0 Å². The molecule has 1 aliphatic rings. The highest BCUT2D eigenvalue weighted by Gasteiger charge is 2.29. The summed E-state index contributed by atoms with van der Waals surface area (Å²) in [7, 11) is 0. The predicted octanol–water partition coefficient (Wildman–Crippen LogP) is 3.16. The van der Waals surface area contributed by atoms with Gasteiger partial charge in [0, 0.05) is 42.2 Å². The van der Waals surface area contributed by atoms with Gasteiger partial charge in [-0.25, -0.2) is 13.8 Å². The second kappa shape index (κ2) is 6.54. The lowest BCUT2D eigenvalue weighted by Gasteiger charge is -2.31. The smallest absolute Gasteiger partial charge is 0.254 e. The van der Waals surface area contributed by atoms with Crippen LogP contribution in [0.2, 0.25) is 0 Å². The zero-order valence-corrected chi connectivity index (χ0v) is 13.0. The van der Waals surface area contributed by atoms with E-state index in [-0.39, 0.29) is 17.3 Å². The second-order valence-electron chi connectivity index (χ2n) is 5.43. The first-order chi connectivity index (χ1) is 11.0. The number of nitrogens with zero attached hydrogens (tertiary/aromatic N) is 2. The number of ketones is 1. The van der Waals surface area contributed by atoms with Crippen LogP contribution in [0.5, 0.6) is 0 Å². The topological polar surface area (TPSA) is 50.3 Å². The van der Waals surface area contributed by atoms with Crippen molar-refractivity contribution in [2.75, 3.05) is 13.1 Å². The summed E-state index contributed by atoms with van der Waals surface area (Å²) in [6.07, 6.45) is 2.65. The van der Waals surface area contributed by atoms with E-state index in [1.165, 1.54) is 16.2 Å². The van der Waals surface area contributed by atoms with Crippen molar-refractivity contribution < 1.29 is 18.4 Å². The number of carbonyl (C=O) groups is 2. The molecule has 120 valence electrons. The molecule has 1 aromatic carbocycles. The van der Waals surface area contributed by atoms with Crippen LogP contribution in [0.15, 0.2) is 29.8 Å². The predicted molar refractivity (Wildman–Crippen MR) is 81.4 cm³/mol. The molecule has 0 bridgehead atoms. The first-order valence-corrected chi connectivity index (χ1v) is 8.11. The fourth-order valence-corrected chi connectivity index (χ4v) is 3.38. The number of rotatable bonds is 3. The molecular weight excluding hydrogens is 322 g/mol. The van der Waals surface area contributed by atoms with Gasteiger partial charge in [0.15, 0.2) is 10.8 Å². The van der Waals surface area contributed by atoms with Crippen molar-refractivity contribution in [3.63, 3.8) is 0 Å². The van der Waals surface area contributed by atoms with Crippen LogP contribution in [-0.2, 0) is 0 Å². The second-order valence-corrected chi connectivity index (χ2v) is 6.32. The number of thiazole rings is 1. The SMILES string of the molecule is O=C(c1nccs1)C1CCN(C(=O)c2cc(F)cc(F)c2)CC1. The van der Waals surface area contributed by atoms with E-state index in [4.69, 9.17) is 0 Å². The van der Waals surface area contributed by atoms with Crippen LogP contribution in [0.4, 0.5) is 8.78 Å². The number of aromatic nitrogens is 1. The monoisotopic (exact) mass is 336 g/mol. The summed E-state index contributed by atoms with van der Waals surface area (Å²) in [6, 6.07) is 2.78. The minimum Gasteiger partial charge on any atom is -0.339 e. The molecule has 1 fully saturated rings. The van der Waals surface area contributed by atoms with Gasteiger partial charge in [0.1, 0.15) is 11.6 Å². The van der Waals surface area contributed by atoms with Gasteiger partial charge in [0.25, 0.3) is 5.91 Å². The van der Waals surface area contributed by atoms with Crippen molar-refractivity contribution >= 4 is 23.0 Å². The van der Waals surface area contributed by atoms with E-state index in [2.05, 4.69) is 4.98 Å². The van der Waals surface area contributed by atoms with Crippen molar-refractivity contribution in [2.24, 2.45) is 5.92 Å². The number of benzene rings is 1. The molecule has 0 aliphatic carbocycles. The summed E-state index contributed by atoms with van der Waals surface area (Å²) >= 11 is 1.31. The molecule has 0 unspecified atom stereocenters. The quantitative estimate of drug-likeness (QED) is 0.809. The minimum atomic E-state index is -0.776. The molecule has 7 heteroatoms. The molecule has 0 N–H and O–H groups in total. The number of amides is 1. The van der Waals surface area contributed by atoms with Crippen molar-refractivity contribution in [1.29, 1.82) is 0 Å². The van der Waals surface area contributed by atoms with Gasteiger partial charge in [-0.3, -0.25) is 9.59 Å². The third-order valence-electron chi connectivity index (χ3n) is 3.91. The molecule has 23 heavy (non-hydrogen) atoms. The van der Waals surface area contributed by atoms with Gasteiger partial charge in [0.05, 0.1) is 0 Å². The lowest BCUT2D eigenvalue weighted by Crippen LogP contribution is -2.40. The van der Waals surface area contributed by atoms with Crippen LogP contribution < -0.4 is 0 Å². The molecule has 3 rings (SSSR count). The number of carbonyl (C=O) groups excluding carboxylic acids is 2. The minimum absolute atomic E-state index is 0.00361. The van der Waals surface area contributed by atoms with E-state index in [1.807, 2.05) is 0 Å². The molecule has 0 atom stereocenters. The molecule has 0 radical (unpaired) electrons. The Morgan fingerprint density at radius 2 is 1.78 bits per heavy atom. The van der Waals surface area contributed by atoms with Gasteiger partial charge in [-0.05, 0) is 25.0 Å². The molecule has 0 saturated carbocycles. The van der Waals surface area contributed by atoms with E-state index < -0.39 is 17.5 Å². The Bertz CT molecular complexity index is 705. The number of halogens is 2. The highest BCUT2D eigenvalue weighted by Crippen LogP contribution is 2.24. The molecule has 4 nitrogen and oxygen atoms in total. The molecule has 1 saturated heterocycles. The summed E-state index contributed by atoms with van der Waals surface area (Å²) in [5.41, 5.74) is -0.00722. The first-order valence-electron chi connectivity index (χ1n) is 7.23.